The first kappa shape index (κ1) is 13.2. The summed E-state index contributed by atoms with van der Waals surface area (Å²) >= 11 is 1.63. The molecule has 96 valence electrons. The van der Waals surface area contributed by atoms with Crippen molar-refractivity contribution in [3.63, 3.8) is 0 Å². The molecule has 0 saturated carbocycles. The molecule has 1 aromatic heterocycles. The van der Waals surface area contributed by atoms with E-state index < -0.39 is 0 Å². The molecule has 1 N–H and O–H groups in total. The lowest BCUT2D eigenvalue weighted by Gasteiger charge is -2.10. The van der Waals surface area contributed by atoms with Crippen LogP contribution in [0.25, 0.3) is 0 Å². The van der Waals surface area contributed by atoms with Crippen LogP contribution in [-0.4, -0.2) is 11.0 Å². The number of aromatic nitrogens is 1. The molecule has 2 aromatic rings. The van der Waals surface area contributed by atoms with Crippen LogP contribution in [0.15, 0.2) is 29.8 Å². The van der Waals surface area contributed by atoms with E-state index in [0.717, 1.165) is 22.6 Å². The lowest BCUT2D eigenvalue weighted by molar-refractivity contribution is 0.552. The van der Waals surface area contributed by atoms with Gasteiger partial charge in [0, 0.05) is 36.1 Å². The number of hydrogen-bond acceptors (Lipinski definition) is 3. The number of halogens is 1. The van der Waals surface area contributed by atoms with Gasteiger partial charge in [0.15, 0.2) is 0 Å². The summed E-state index contributed by atoms with van der Waals surface area (Å²) in [5.74, 6) is -0.147. The van der Waals surface area contributed by atoms with Gasteiger partial charge in [0.2, 0.25) is 0 Å². The van der Waals surface area contributed by atoms with Crippen molar-refractivity contribution in [1.29, 1.82) is 0 Å². The van der Waals surface area contributed by atoms with Crippen LogP contribution in [0.2, 0.25) is 0 Å². The molecule has 0 atom stereocenters. The van der Waals surface area contributed by atoms with E-state index in [2.05, 4.69) is 24.1 Å². The fourth-order valence-electron chi connectivity index (χ4n) is 1.70. The molecule has 1 heterocycles. The molecule has 0 bridgehead atoms. The van der Waals surface area contributed by atoms with E-state index in [9.17, 15) is 4.39 Å². The first-order chi connectivity index (χ1) is 8.65. The normalized spacial score (nSPS) is 11.1. The molecule has 0 amide bonds. The lowest BCUT2D eigenvalue weighted by atomic mass is 10.1. The van der Waals surface area contributed by atoms with Crippen LogP contribution in [0.3, 0.4) is 0 Å². The van der Waals surface area contributed by atoms with Crippen LogP contribution in [-0.2, 0) is 13.0 Å². The van der Waals surface area contributed by atoms with E-state index in [1.54, 1.807) is 23.6 Å². The summed E-state index contributed by atoms with van der Waals surface area (Å²) in [6.07, 6.45) is 2.57. The summed E-state index contributed by atoms with van der Waals surface area (Å²) in [4.78, 5) is 4.25. The van der Waals surface area contributed by atoms with E-state index in [0.29, 0.717) is 12.6 Å². The molecule has 0 unspecified atom stereocenters. The molecule has 2 rings (SSSR count). The van der Waals surface area contributed by atoms with Gasteiger partial charge in [0.05, 0.1) is 5.01 Å². The van der Waals surface area contributed by atoms with Crippen molar-refractivity contribution in [2.24, 2.45) is 0 Å². The first-order valence-corrected chi connectivity index (χ1v) is 6.92. The Kier molecular flexibility index (Phi) is 4.44. The van der Waals surface area contributed by atoms with Gasteiger partial charge in [0.25, 0.3) is 0 Å². The van der Waals surface area contributed by atoms with Gasteiger partial charge in [-0.3, -0.25) is 0 Å². The SMILES string of the molecule is CC(C)NCc1cc(Cc2nccs2)ccc1F. The van der Waals surface area contributed by atoms with Gasteiger partial charge in [-0.15, -0.1) is 11.3 Å². The van der Waals surface area contributed by atoms with Gasteiger partial charge in [0.1, 0.15) is 5.82 Å². The Balaban J connectivity index is 2.10. The number of nitrogens with one attached hydrogen (secondary N) is 1. The maximum absolute atomic E-state index is 13.6. The summed E-state index contributed by atoms with van der Waals surface area (Å²) in [6, 6.07) is 5.65. The molecular weight excluding hydrogens is 247 g/mol. The second kappa shape index (κ2) is 6.07. The van der Waals surface area contributed by atoms with E-state index in [1.807, 2.05) is 17.5 Å². The molecule has 0 saturated heterocycles. The number of benzene rings is 1. The molecular formula is C14H17FN2S. The minimum atomic E-state index is -0.147. The summed E-state index contributed by atoms with van der Waals surface area (Å²) in [5, 5.41) is 6.25. The first-order valence-electron chi connectivity index (χ1n) is 6.04. The van der Waals surface area contributed by atoms with Gasteiger partial charge in [-0.25, -0.2) is 9.37 Å². The second-order valence-electron chi connectivity index (χ2n) is 4.56. The Morgan fingerprint density at radius 3 is 2.89 bits per heavy atom. The van der Waals surface area contributed by atoms with Crippen molar-refractivity contribution in [1.82, 2.24) is 10.3 Å². The van der Waals surface area contributed by atoms with Crippen LogP contribution < -0.4 is 5.32 Å². The smallest absolute Gasteiger partial charge is 0.127 e. The highest BCUT2D eigenvalue weighted by Gasteiger charge is 2.06. The average molecular weight is 264 g/mol. The van der Waals surface area contributed by atoms with Crippen LogP contribution in [0, 0.1) is 5.82 Å². The van der Waals surface area contributed by atoms with Gasteiger partial charge in [-0.05, 0) is 11.6 Å². The predicted octanol–water partition coefficient (Wildman–Crippen LogP) is 3.37. The Morgan fingerprint density at radius 2 is 2.22 bits per heavy atom. The van der Waals surface area contributed by atoms with Gasteiger partial charge >= 0.3 is 0 Å². The summed E-state index contributed by atoms with van der Waals surface area (Å²) in [5.41, 5.74) is 1.82. The third-order valence-electron chi connectivity index (χ3n) is 2.65. The van der Waals surface area contributed by atoms with E-state index >= 15 is 0 Å². The molecule has 0 aliphatic rings. The van der Waals surface area contributed by atoms with Crippen LogP contribution >= 0.6 is 11.3 Å². The van der Waals surface area contributed by atoms with Gasteiger partial charge in [-0.2, -0.15) is 0 Å². The maximum atomic E-state index is 13.6. The quantitative estimate of drug-likeness (QED) is 0.895. The topological polar surface area (TPSA) is 24.9 Å². The number of nitrogens with zero attached hydrogens (tertiary/aromatic N) is 1. The molecule has 1 aromatic carbocycles. The van der Waals surface area contributed by atoms with Crippen molar-refractivity contribution >= 4 is 11.3 Å². The number of rotatable bonds is 5. The van der Waals surface area contributed by atoms with E-state index in [4.69, 9.17) is 0 Å². The average Bonchev–Trinajstić information content (AvgIpc) is 2.82. The molecule has 0 spiro atoms. The number of hydrogen-bond donors (Lipinski definition) is 1. The molecule has 18 heavy (non-hydrogen) atoms. The zero-order valence-corrected chi connectivity index (χ0v) is 11.4. The van der Waals surface area contributed by atoms with Crippen LogP contribution in [0.1, 0.15) is 30.0 Å². The Morgan fingerprint density at radius 1 is 1.39 bits per heavy atom. The Hall–Kier alpha value is -1.26. The van der Waals surface area contributed by atoms with Gasteiger partial charge < -0.3 is 5.32 Å². The largest absolute Gasteiger partial charge is 0.310 e. The van der Waals surface area contributed by atoms with Crippen molar-refractivity contribution in [2.45, 2.75) is 32.9 Å². The highest BCUT2D eigenvalue weighted by Crippen LogP contribution is 2.16. The van der Waals surface area contributed by atoms with Crippen molar-refractivity contribution in [3.05, 3.63) is 51.7 Å². The van der Waals surface area contributed by atoms with E-state index in [1.165, 1.54) is 0 Å². The fourth-order valence-corrected chi connectivity index (χ4v) is 2.35. The molecule has 0 aliphatic carbocycles. The Labute approximate surface area is 111 Å². The van der Waals surface area contributed by atoms with Crippen LogP contribution in [0.5, 0.6) is 0 Å². The zero-order valence-electron chi connectivity index (χ0n) is 10.6. The minimum Gasteiger partial charge on any atom is -0.310 e. The second-order valence-corrected chi connectivity index (χ2v) is 5.54. The predicted molar refractivity (Wildman–Crippen MR) is 73.3 cm³/mol. The van der Waals surface area contributed by atoms with Gasteiger partial charge in [-0.1, -0.05) is 26.0 Å². The minimum absolute atomic E-state index is 0.147. The van der Waals surface area contributed by atoms with E-state index in [-0.39, 0.29) is 5.82 Å². The summed E-state index contributed by atoms with van der Waals surface area (Å²) in [7, 11) is 0. The maximum Gasteiger partial charge on any atom is 0.127 e. The molecule has 0 aliphatic heterocycles. The molecule has 2 nitrogen and oxygen atoms in total. The highest BCUT2D eigenvalue weighted by molar-refractivity contribution is 7.09. The van der Waals surface area contributed by atoms with Crippen molar-refractivity contribution in [3.8, 4) is 0 Å². The lowest BCUT2D eigenvalue weighted by Crippen LogP contribution is -2.22. The fraction of sp³-hybridized carbons (Fsp3) is 0.357. The molecule has 0 radical (unpaired) electrons. The van der Waals surface area contributed by atoms with Crippen molar-refractivity contribution in [2.75, 3.05) is 0 Å². The summed E-state index contributed by atoms with van der Waals surface area (Å²) in [6.45, 7) is 4.67. The molecule has 0 fully saturated rings. The third-order valence-corrected chi connectivity index (χ3v) is 3.43. The summed E-state index contributed by atoms with van der Waals surface area (Å²) < 4.78 is 13.6. The van der Waals surface area contributed by atoms with Crippen LogP contribution in [0.4, 0.5) is 4.39 Å². The monoisotopic (exact) mass is 264 g/mol. The number of thiazole rings is 1. The van der Waals surface area contributed by atoms with Crippen molar-refractivity contribution < 1.29 is 4.39 Å². The zero-order chi connectivity index (χ0) is 13.0. The standard InChI is InChI=1S/C14H17FN2S/c1-10(2)17-9-12-7-11(3-4-13(12)15)8-14-16-5-6-18-14/h3-7,10,17H,8-9H2,1-2H3. The third kappa shape index (κ3) is 3.62. The Bertz CT molecular complexity index is 495. The highest BCUT2D eigenvalue weighted by atomic mass is 32.1. The molecule has 4 heteroatoms.